The van der Waals surface area contributed by atoms with Crippen LogP contribution in [0.1, 0.15) is 22.7 Å². The number of nitrogens with zero attached hydrogens (tertiary/aromatic N) is 3. The summed E-state index contributed by atoms with van der Waals surface area (Å²) in [7, 11) is 0. The third-order valence-corrected chi connectivity index (χ3v) is 3.79. The maximum atomic E-state index is 10.6. The van der Waals surface area contributed by atoms with Crippen molar-refractivity contribution in [2.24, 2.45) is 0 Å². The molecule has 0 saturated carbocycles. The summed E-state index contributed by atoms with van der Waals surface area (Å²) in [5.41, 5.74) is 3.67. The zero-order chi connectivity index (χ0) is 18.4. The van der Waals surface area contributed by atoms with E-state index in [1.807, 2.05) is 12.1 Å². The van der Waals surface area contributed by atoms with E-state index in [0.29, 0.717) is 0 Å². The summed E-state index contributed by atoms with van der Waals surface area (Å²) in [6, 6.07) is 3.97. The minimum atomic E-state index is -5.08. The molecule has 2 aromatic rings. The Hall–Kier alpha value is -2.42. The third kappa shape index (κ3) is 5.56. The number of hydrogen-bond donors (Lipinski definition) is 1. The van der Waals surface area contributed by atoms with Gasteiger partial charge >= 0.3 is 12.1 Å². The smallest absolute Gasteiger partial charge is 0.475 e. The van der Waals surface area contributed by atoms with Crippen LogP contribution in [0.15, 0.2) is 29.1 Å². The second-order valence-electron chi connectivity index (χ2n) is 5.54. The number of aromatic nitrogens is 2. The zero-order valence-corrected chi connectivity index (χ0v) is 13.6. The van der Waals surface area contributed by atoms with Crippen molar-refractivity contribution >= 4 is 5.97 Å². The van der Waals surface area contributed by atoms with Crippen LogP contribution in [0.3, 0.4) is 0 Å². The summed E-state index contributed by atoms with van der Waals surface area (Å²) < 4.78 is 37.1. The number of carbonyl (C=O) groups is 1. The van der Waals surface area contributed by atoms with E-state index in [1.165, 1.54) is 11.3 Å². The standard InChI is InChI=1S/C14H17N3O.C2HF3O2/c1-11-13-4-6-17(9-12-3-2-8-18-12)7-5-14(13)16-10-15-11;3-2(4,5)1(6)7/h2-3,8,10H,4-7,9H2,1H3;(H,6,7). The van der Waals surface area contributed by atoms with Gasteiger partial charge in [-0.25, -0.2) is 14.8 Å². The number of aryl methyl sites for hydroxylation is 1. The van der Waals surface area contributed by atoms with Gasteiger partial charge < -0.3 is 9.52 Å². The molecule has 1 aliphatic rings. The van der Waals surface area contributed by atoms with Gasteiger partial charge in [-0.05, 0) is 31.0 Å². The molecule has 9 heteroatoms. The van der Waals surface area contributed by atoms with Crippen LogP contribution in [0.2, 0.25) is 0 Å². The Balaban J connectivity index is 0.000000277. The van der Waals surface area contributed by atoms with Gasteiger partial charge in [-0.1, -0.05) is 0 Å². The van der Waals surface area contributed by atoms with Crippen LogP contribution < -0.4 is 0 Å². The van der Waals surface area contributed by atoms with Crippen LogP contribution in [0.4, 0.5) is 13.2 Å². The van der Waals surface area contributed by atoms with Gasteiger partial charge in [0.05, 0.1) is 12.8 Å². The second-order valence-corrected chi connectivity index (χ2v) is 5.54. The monoisotopic (exact) mass is 357 g/mol. The summed E-state index contributed by atoms with van der Waals surface area (Å²) in [4.78, 5) is 20.0. The van der Waals surface area contributed by atoms with Gasteiger partial charge in [0.15, 0.2) is 0 Å². The van der Waals surface area contributed by atoms with E-state index in [1.54, 1.807) is 12.6 Å². The van der Waals surface area contributed by atoms with Gasteiger partial charge in [0.25, 0.3) is 0 Å². The molecule has 0 radical (unpaired) electrons. The average Bonchev–Trinajstić information content (AvgIpc) is 2.95. The Morgan fingerprint density at radius 3 is 2.60 bits per heavy atom. The lowest BCUT2D eigenvalue weighted by Crippen LogP contribution is -2.25. The molecule has 0 atom stereocenters. The van der Waals surface area contributed by atoms with Crippen molar-refractivity contribution in [3.8, 4) is 0 Å². The molecule has 2 aromatic heterocycles. The van der Waals surface area contributed by atoms with Gasteiger partial charge in [-0.2, -0.15) is 13.2 Å². The lowest BCUT2D eigenvalue weighted by atomic mass is 10.1. The van der Waals surface area contributed by atoms with Crippen molar-refractivity contribution in [2.45, 2.75) is 32.5 Å². The van der Waals surface area contributed by atoms with E-state index >= 15 is 0 Å². The fraction of sp³-hybridized carbons (Fsp3) is 0.438. The summed E-state index contributed by atoms with van der Waals surface area (Å²) in [6.07, 6.45) is 0.357. The van der Waals surface area contributed by atoms with Crippen LogP contribution in [-0.4, -0.2) is 45.2 Å². The first-order chi connectivity index (χ1) is 11.8. The minimum Gasteiger partial charge on any atom is -0.475 e. The first-order valence-corrected chi connectivity index (χ1v) is 7.61. The number of halogens is 3. The predicted octanol–water partition coefficient (Wildman–Crippen LogP) is 2.61. The zero-order valence-electron chi connectivity index (χ0n) is 13.6. The van der Waals surface area contributed by atoms with Crippen LogP contribution in [-0.2, 0) is 24.2 Å². The molecule has 3 rings (SSSR count). The Bertz CT molecular complexity index is 702. The van der Waals surface area contributed by atoms with E-state index in [4.69, 9.17) is 14.3 Å². The number of hydrogen-bond acceptors (Lipinski definition) is 5. The number of carboxylic acids is 1. The number of carboxylic acid groups (broad SMARTS) is 1. The fourth-order valence-corrected chi connectivity index (χ4v) is 2.52. The van der Waals surface area contributed by atoms with E-state index in [2.05, 4.69) is 21.8 Å². The highest BCUT2D eigenvalue weighted by atomic mass is 19.4. The Morgan fingerprint density at radius 1 is 1.32 bits per heavy atom. The molecule has 6 nitrogen and oxygen atoms in total. The van der Waals surface area contributed by atoms with Gasteiger partial charge in [-0.3, -0.25) is 4.90 Å². The van der Waals surface area contributed by atoms with Crippen molar-refractivity contribution in [3.63, 3.8) is 0 Å². The van der Waals surface area contributed by atoms with Crippen molar-refractivity contribution < 1.29 is 27.5 Å². The van der Waals surface area contributed by atoms with E-state index in [-0.39, 0.29) is 0 Å². The molecule has 0 bridgehead atoms. The SMILES string of the molecule is Cc1ncnc2c1CCN(Cc1ccco1)CC2.O=C(O)C(F)(F)F. The lowest BCUT2D eigenvalue weighted by molar-refractivity contribution is -0.192. The molecule has 0 spiro atoms. The van der Waals surface area contributed by atoms with Crippen LogP contribution in [0.25, 0.3) is 0 Å². The van der Waals surface area contributed by atoms with Gasteiger partial charge in [0, 0.05) is 30.9 Å². The summed E-state index contributed by atoms with van der Waals surface area (Å²) in [6.45, 7) is 5.03. The van der Waals surface area contributed by atoms with Crippen molar-refractivity contribution in [1.29, 1.82) is 0 Å². The number of alkyl halides is 3. The largest absolute Gasteiger partial charge is 0.490 e. The highest BCUT2D eigenvalue weighted by Gasteiger charge is 2.38. The van der Waals surface area contributed by atoms with E-state index in [9.17, 15) is 13.2 Å². The van der Waals surface area contributed by atoms with Gasteiger partial charge in [0.2, 0.25) is 0 Å². The topological polar surface area (TPSA) is 79.5 Å². The molecule has 0 saturated heterocycles. The van der Waals surface area contributed by atoms with Crippen LogP contribution in [0.5, 0.6) is 0 Å². The summed E-state index contributed by atoms with van der Waals surface area (Å²) in [5, 5.41) is 7.12. The minimum absolute atomic E-state index is 0.882. The lowest BCUT2D eigenvalue weighted by Gasteiger charge is -2.17. The number of furan rings is 1. The molecule has 1 aliphatic heterocycles. The van der Waals surface area contributed by atoms with Gasteiger partial charge in [0.1, 0.15) is 12.1 Å². The second kappa shape index (κ2) is 8.11. The van der Waals surface area contributed by atoms with Crippen molar-refractivity contribution in [2.75, 3.05) is 13.1 Å². The van der Waals surface area contributed by atoms with E-state index < -0.39 is 12.1 Å². The predicted molar refractivity (Wildman–Crippen MR) is 81.9 cm³/mol. The highest BCUT2D eigenvalue weighted by molar-refractivity contribution is 5.73. The number of aliphatic carboxylic acids is 1. The molecular formula is C16H18F3N3O3. The highest BCUT2D eigenvalue weighted by Crippen LogP contribution is 2.17. The Labute approximate surface area is 142 Å². The van der Waals surface area contributed by atoms with Crippen molar-refractivity contribution in [1.82, 2.24) is 14.9 Å². The molecule has 136 valence electrons. The summed E-state index contributed by atoms with van der Waals surface area (Å²) in [5.74, 6) is -1.73. The van der Waals surface area contributed by atoms with Crippen LogP contribution >= 0.6 is 0 Å². The molecule has 0 amide bonds. The van der Waals surface area contributed by atoms with Crippen molar-refractivity contribution in [3.05, 3.63) is 47.4 Å². The maximum absolute atomic E-state index is 10.6. The maximum Gasteiger partial charge on any atom is 0.490 e. The number of rotatable bonds is 2. The molecule has 0 aromatic carbocycles. The number of fused-ring (bicyclic) bond motifs is 1. The molecule has 25 heavy (non-hydrogen) atoms. The van der Waals surface area contributed by atoms with E-state index in [0.717, 1.165) is 43.9 Å². The van der Waals surface area contributed by atoms with Gasteiger partial charge in [-0.15, -0.1) is 0 Å². The first-order valence-electron chi connectivity index (χ1n) is 7.61. The molecule has 0 aliphatic carbocycles. The quantitative estimate of drug-likeness (QED) is 0.890. The normalized spacial score (nSPS) is 14.9. The molecule has 1 N–H and O–H groups in total. The molecular weight excluding hydrogens is 339 g/mol. The van der Waals surface area contributed by atoms with Crippen LogP contribution in [0, 0.1) is 6.92 Å². The fourth-order valence-electron chi connectivity index (χ4n) is 2.52. The average molecular weight is 357 g/mol. The Morgan fingerprint density at radius 2 is 2.00 bits per heavy atom. The molecule has 0 unspecified atom stereocenters. The first kappa shape index (κ1) is 18.9. The third-order valence-electron chi connectivity index (χ3n) is 3.79. The molecule has 3 heterocycles. The summed E-state index contributed by atoms with van der Waals surface area (Å²) >= 11 is 0. The molecule has 0 fully saturated rings. The Kier molecular flexibility index (Phi) is 6.13.